The fourth-order valence-electron chi connectivity index (χ4n) is 1.98. The van der Waals surface area contributed by atoms with Crippen molar-refractivity contribution >= 4 is 11.0 Å². The molecule has 3 nitrogen and oxygen atoms in total. The van der Waals surface area contributed by atoms with Gasteiger partial charge in [0.05, 0.1) is 0 Å². The second kappa shape index (κ2) is 4.45. The van der Waals surface area contributed by atoms with Crippen LogP contribution < -0.4 is 5.43 Å². The second-order valence-electron chi connectivity index (χ2n) is 4.28. The number of fused-ring (bicyclic) bond motifs is 1. The van der Waals surface area contributed by atoms with E-state index in [0.717, 1.165) is 12.1 Å². The fraction of sp³-hybridized carbons (Fsp3) is 0. The van der Waals surface area contributed by atoms with E-state index in [2.05, 4.69) is 0 Å². The molecule has 0 amide bonds. The molecule has 0 aliphatic carbocycles. The Morgan fingerprint density at radius 1 is 1.00 bits per heavy atom. The summed E-state index contributed by atoms with van der Waals surface area (Å²) in [6.45, 7) is 0. The molecular weight excluding hydrogens is 266 g/mol. The maximum atomic E-state index is 13.6. The van der Waals surface area contributed by atoms with E-state index in [1.807, 2.05) is 0 Å². The third-order valence-electron chi connectivity index (χ3n) is 2.90. The Bertz CT molecular complexity index is 851. The van der Waals surface area contributed by atoms with Crippen molar-refractivity contribution in [1.82, 2.24) is 0 Å². The number of halogens is 2. The van der Waals surface area contributed by atoms with Crippen LogP contribution in [0.1, 0.15) is 0 Å². The average Bonchev–Trinajstić information content (AvgIpc) is 2.38. The van der Waals surface area contributed by atoms with Gasteiger partial charge in [0.2, 0.25) is 0 Å². The predicted octanol–water partition coefficient (Wildman–Crippen LogP) is 3.44. The van der Waals surface area contributed by atoms with Gasteiger partial charge in [-0.15, -0.1) is 0 Å². The van der Waals surface area contributed by atoms with Gasteiger partial charge in [-0.1, -0.05) is 0 Å². The number of phenolic OH excluding ortho intramolecular Hbond substituents is 1. The van der Waals surface area contributed by atoms with Crippen molar-refractivity contribution in [2.24, 2.45) is 0 Å². The fourth-order valence-corrected chi connectivity index (χ4v) is 1.98. The number of rotatable bonds is 1. The first-order valence-electron chi connectivity index (χ1n) is 5.77. The van der Waals surface area contributed by atoms with Gasteiger partial charge < -0.3 is 9.52 Å². The lowest BCUT2D eigenvalue weighted by Crippen LogP contribution is -2.03. The first-order chi connectivity index (χ1) is 9.54. The van der Waals surface area contributed by atoms with Gasteiger partial charge in [-0.05, 0) is 24.3 Å². The molecule has 0 bridgehead atoms. The van der Waals surface area contributed by atoms with E-state index in [1.54, 1.807) is 0 Å². The summed E-state index contributed by atoms with van der Waals surface area (Å²) in [7, 11) is 0. The minimum Gasteiger partial charge on any atom is -0.508 e. The monoisotopic (exact) mass is 274 g/mol. The number of phenols is 1. The minimum absolute atomic E-state index is 0.0639. The van der Waals surface area contributed by atoms with E-state index in [1.165, 1.54) is 24.3 Å². The van der Waals surface area contributed by atoms with Gasteiger partial charge in [0.15, 0.2) is 5.43 Å². The van der Waals surface area contributed by atoms with E-state index < -0.39 is 17.1 Å². The predicted molar refractivity (Wildman–Crippen MR) is 69.5 cm³/mol. The first-order valence-corrected chi connectivity index (χ1v) is 5.77. The third-order valence-corrected chi connectivity index (χ3v) is 2.90. The van der Waals surface area contributed by atoms with Gasteiger partial charge in [0, 0.05) is 23.8 Å². The van der Waals surface area contributed by atoms with Crippen LogP contribution in [0.25, 0.3) is 22.3 Å². The van der Waals surface area contributed by atoms with Gasteiger partial charge in [-0.25, -0.2) is 8.78 Å². The zero-order valence-electron chi connectivity index (χ0n) is 10.1. The highest BCUT2D eigenvalue weighted by Crippen LogP contribution is 2.25. The molecular formula is C15H8F2O3. The van der Waals surface area contributed by atoms with Crippen LogP contribution in [0.4, 0.5) is 8.78 Å². The summed E-state index contributed by atoms with van der Waals surface area (Å²) >= 11 is 0. The lowest BCUT2D eigenvalue weighted by molar-refractivity contribution is 0.475. The zero-order valence-corrected chi connectivity index (χ0v) is 10.1. The highest BCUT2D eigenvalue weighted by atomic mass is 19.1. The summed E-state index contributed by atoms with van der Waals surface area (Å²) in [5.74, 6) is -1.53. The highest BCUT2D eigenvalue weighted by Gasteiger charge is 2.12. The summed E-state index contributed by atoms with van der Waals surface area (Å²) in [5.41, 5.74) is -0.226. The Morgan fingerprint density at radius 2 is 1.70 bits per heavy atom. The molecule has 2 aromatic carbocycles. The van der Waals surface area contributed by atoms with Crippen LogP contribution in [0, 0.1) is 11.6 Å². The molecule has 0 spiro atoms. The quantitative estimate of drug-likeness (QED) is 0.739. The second-order valence-corrected chi connectivity index (χ2v) is 4.28. The molecule has 1 heterocycles. The summed E-state index contributed by atoms with van der Waals surface area (Å²) < 4.78 is 32.1. The topological polar surface area (TPSA) is 50.4 Å². The van der Waals surface area contributed by atoms with Crippen LogP contribution in [0.3, 0.4) is 0 Å². The smallest absolute Gasteiger partial charge is 0.196 e. The largest absolute Gasteiger partial charge is 0.508 e. The molecule has 20 heavy (non-hydrogen) atoms. The summed E-state index contributed by atoms with van der Waals surface area (Å²) in [6, 6.07) is 8.65. The molecule has 0 saturated heterocycles. The van der Waals surface area contributed by atoms with Crippen molar-refractivity contribution in [3.63, 3.8) is 0 Å². The van der Waals surface area contributed by atoms with Crippen molar-refractivity contribution in [2.45, 2.75) is 0 Å². The highest BCUT2D eigenvalue weighted by molar-refractivity contribution is 5.79. The van der Waals surface area contributed by atoms with Crippen molar-refractivity contribution in [3.8, 4) is 17.1 Å². The van der Waals surface area contributed by atoms with Crippen LogP contribution in [0.5, 0.6) is 5.75 Å². The molecule has 1 aromatic heterocycles. The lowest BCUT2D eigenvalue weighted by atomic mass is 10.1. The SMILES string of the molecule is O=c1cc(-c2ccc(O)cc2)oc2cc(F)cc(F)c12. The van der Waals surface area contributed by atoms with E-state index >= 15 is 0 Å². The number of hydrogen-bond donors (Lipinski definition) is 1. The molecule has 100 valence electrons. The van der Waals surface area contributed by atoms with Crippen molar-refractivity contribution in [1.29, 1.82) is 0 Å². The molecule has 0 radical (unpaired) electrons. The zero-order chi connectivity index (χ0) is 14.3. The van der Waals surface area contributed by atoms with E-state index in [4.69, 9.17) is 4.42 Å². The summed E-state index contributed by atoms with van der Waals surface area (Å²) in [6.07, 6.45) is 0. The normalized spacial score (nSPS) is 10.9. The summed E-state index contributed by atoms with van der Waals surface area (Å²) in [5, 5.41) is 8.93. The number of aromatic hydroxyl groups is 1. The van der Waals surface area contributed by atoms with E-state index in [9.17, 15) is 18.7 Å². The summed E-state index contributed by atoms with van der Waals surface area (Å²) in [4.78, 5) is 11.9. The molecule has 0 aliphatic heterocycles. The van der Waals surface area contributed by atoms with Gasteiger partial charge in [0.25, 0.3) is 0 Å². The van der Waals surface area contributed by atoms with Crippen LogP contribution in [-0.2, 0) is 0 Å². The van der Waals surface area contributed by atoms with Crippen LogP contribution in [0.2, 0.25) is 0 Å². The Hall–Kier alpha value is -2.69. The van der Waals surface area contributed by atoms with Gasteiger partial charge in [-0.2, -0.15) is 0 Å². The molecule has 5 heteroatoms. The van der Waals surface area contributed by atoms with Gasteiger partial charge in [0.1, 0.15) is 34.1 Å². The lowest BCUT2D eigenvalue weighted by Gasteiger charge is -2.04. The standard InChI is InChI=1S/C15H8F2O3/c16-9-5-11(17)15-12(19)7-13(20-14(15)6-9)8-1-3-10(18)4-2-8/h1-7,18H. The van der Waals surface area contributed by atoms with Crippen LogP contribution in [0.15, 0.2) is 51.7 Å². The Kier molecular flexibility index (Phi) is 2.75. The third kappa shape index (κ3) is 2.03. The molecule has 0 atom stereocenters. The molecule has 0 saturated carbocycles. The molecule has 0 fully saturated rings. The number of benzene rings is 2. The molecule has 3 aromatic rings. The average molecular weight is 274 g/mol. The van der Waals surface area contributed by atoms with Crippen LogP contribution >= 0.6 is 0 Å². The van der Waals surface area contributed by atoms with Gasteiger partial charge >= 0.3 is 0 Å². The molecule has 3 rings (SSSR count). The maximum Gasteiger partial charge on any atom is 0.196 e. The van der Waals surface area contributed by atoms with E-state index in [0.29, 0.717) is 11.6 Å². The number of hydrogen-bond acceptors (Lipinski definition) is 3. The van der Waals surface area contributed by atoms with Crippen molar-refractivity contribution in [2.75, 3.05) is 0 Å². The Labute approximate surface area is 111 Å². The Morgan fingerprint density at radius 3 is 2.40 bits per heavy atom. The molecule has 0 aliphatic rings. The van der Waals surface area contributed by atoms with Gasteiger partial charge in [-0.3, -0.25) is 4.79 Å². The van der Waals surface area contributed by atoms with E-state index in [-0.39, 0.29) is 22.5 Å². The molecule has 1 N–H and O–H groups in total. The first kappa shape index (κ1) is 12.3. The Balaban J connectivity index is 2.29. The molecule has 0 unspecified atom stereocenters. The minimum atomic E-state index is -0.953. The van der Waals surface area contributed by atoms with Crippen molar-refractivity contribution in [3.05, 3.63) is 64.3 Å². The van der Waals surface area contributed by atoms with Crippen molar-refractivity contribution < 1.29 is 18.3 Å². The van der Waals surface area contributed by atoms with Crippen LogP contribution in [-0.4, -0.2) is 5.11 Å². The maximum absolute atomic E-state index is 13.6.